The lowest BCUT2D eigenvalue weighted by atomic mass is 10.5. The SMILES string of the molecule is O=S(=O)(NCc1ncc[nH]1)c1ccsc1CO. The summed E-state index contributed by atoms with van der Waals surface area (Å²) in [6.45, 7) is -0.190. The van der Waals surface area contributed by atoms with Gasteiger partial charge >= 0.3 is 0 Å². The molecule has 0 saturated heterocycles. The summed E-state index contributed by atoms with van der Waals surface area (Å²) in [4.78, 5) is 7.26. The van der Waals surface area contributed by atoms with Crippen LogP contribution in [0.4, 0.5) is 0 Å². The van der Waals surface area contributed by atoms with Gasteiger partial charge in [0.2, 0.25) is 10.0 Å². The number of thiophene rings is 1. The molecule has 0 atom stereocenters. The van der Waals surface area contributed by atoms with E-state index in [0.29, 0.717) is 10.7 Å². The monoisotopic (exact) mass is 273 g/mol. The Morgan fingerprint density at radius 3 is 3.00 bits per heavy atom. The van der Waals surface area contributed by atoms with Crippen molar-refractivity contribution in [2.75, 3.05) is 0 Å². The summed E-state index contributed by atoms with van der Waals surface area (Å²) in [5.74, 6) is 0.536. The zero-order chi connectivity index (χ0) is 12.3. The van der Waals surface area contributed by atoms with Crippen LogP contribution in [0, 0.1) is 0 Å². The van der Waals surface area contributed by atoms with E-state index in [9.17, 15) is 8.42 Å². The molecule has 6 nitrogen and oxygen atoms in total. The number of rotatable bonds is 5. The highest BCUT2D eigenvalue weighted by atomic mass is 32.2. The number of nitrogens with zero attached hydrogens (tertiary/aromatic N) is 1. The summed E-state index contributed by atoms with van der Waals surface area (Å²) in [5.41, 5.74) is 0. The summed E-state index contributed by atoms with van der Waals surface area (Å²) in [6, 6.07) is 1.47. The molecule has 0 aliphatic rings. The van der Waals surface area contributed by atoms with Crippen LogP contribution in [0.3, 0.4) is 0 Å². The second-order valence-electron chi connectivity index (χ2n) is 3.23. The number of H-pyrrole nitrogens is 1. The normalized spacial score (nSPS) is 11.8. The summed E-state index contributed by atoms with van der Waals surface area (Å²) >= 11 is 1.21. The number of nitrogens with one attached hydrogen (secondary N) is 2. The summed E-state index contributed by atoms with van der Waals surface area (Å²) < 4.78 is 26.2. The van der Waals surface area contributed by atoms with Gasteiger partial charge in [0.25, 0.3) is 0 Å². The van der Waals surface area contributed by atoms with E-state index in [0.717, 1.165) is 0 Å². The Hall–Kier alpha value is -1.22. The Bertz CT molecular complexity index is 574. The molecule has 8 heteroatoms. The minimum Gasteiger partial charge on any atom is -0.391 e. The van der Waals surface area contributed by atoms with Gasteiger partial charge in [-0.15, -0.1) is 11.3 Å². The van der Waals surface area contributed by atoms with Crippen molar-refractivity contribution >= 4 is 21.4 Å². The van der Waals surface area contributed by atoms with Gasteiger partial charge in [-0.2, -0.15) is 0 Å². The lowest BCUT2D eigenvalue weighted by molar-refractivity contribution is 0.282. The fraction of sp³-hybridized carbons (Fsp3) is 0.222. The number of aromatic amines is 1. The zero-order valence-electron chi connectivity index (χ0n) is 8.75. The Balaban J connectivity index is 2.14. The topological polar surface area (TPSA) is 95.1 Å². The fourth-order valence-electron chi connectivity index (χ4n) is 1.32. The first-order chi connectivity index (χ1) is 8.13. The van der Waals surface area contributed by atoms with Crippen molar-refractivity contribution in [2.24, 2.45) is 0 Å². The largest absolute Gasteiger partial charge is 0.391 e. The average Bonchev–Trinajstić information content (AvgIpc) is 2.97. The second-order valence-corrected chi connectivity index (χ2v) is 5.96. The first kappa shape index (κ1) is 12.2. The van der Waals surface area contributed by atoms with Crippen LogP contribution in [0.15, 0.2) is 28.7 Å². The molecule has 17 heavy (non-hydrogen) atoms. The van der Waals surface area contributed by atoms with E-state index in [1.54, 1.807) is 17.8 Å². The van der Waals surface area contributed by atoms with Gasteiger partial charge in [-0.3, -0.25) is 0 Å². The van der Waals surface area contributed by atoms with Crippen molar-refractivity contribution in [1.29, 1.82) is 0 Å². The molecule has 2 aromatic rings. The standard InChI is InChI=1S/C9H11N3O3S2/c13-6-7-8(1-4-16-7)17(14,15)12-5-9-10-2-3-11-9/h1-4,12-13H,5-6H2,(H,10,11). The number of aliphatic hydroxyl groups is 1. The minimum atomic E-state index is -3.60. The molecule has 2 aromatic heterocycles. The average molecular weight is 273 g/mol. The van der Waals surface area contributed by atoms with Crippen LogP contribution in [-0.4, -0.2) is 23.5 Å². The van der Waals surface area contributed by atoms with Crippen LogP contribution >= 0.6 is 11.3 Å². The van der Waals surface area contributed by atoms with Gasteiger partial charge in [0.1, 0.15) is 5.82 Å². The van der Waals surface area contributed by atoms with Crippen LogP contribution in [0.5, 0.6) is 0 Å². The van der Waals surface area contributed by atoms with E-state index in [2.05, 4.69) is 14.7 Å². The number of imidazole rings is 1. The van der Waals surface area contributed by atoms with Crippen molar-refractivity contribution in [2.45, 2.75) is 18.0 Å². The van der Waals surface area contributed by atoms with Gasteiger partial charge < -0.3 is 10.1 Å². The van der Waals surface area contributed by atoms with Crippen molar-refractivity contribution in [3.63, 3.8) is 0 Å². The van der Waals surface area contributed by atoms with Gasteiger partial charge in [0, 0.05) is 17.3 Å². The molecule has 0 spiro atoms. The highest BCUT2D eigenvalue weighted by molar-refractivity contribution is 7.89. The molecule has 0 aliphatic heterocycles. The molecule has 0 radical (unpaired) electrons. The van der Waals surface area contributed by atoms with E-state index in [-0.39, 0.29) is 18.0 Å². The highest BCUT2D eigenvalue weighted by Gasteiger charge is 2.19. The van der Waals surface area contributed by atoms with Crippen molar-refractivity contribution in [3.05, 3.63) is 34.5 Å². The third-order valence-corrected chi connectivity index (χ3v) is 4.64. The zero-order valence-corrected chi connectivity index (χ0v) is 10.4. The number of hydrogen-bond donors (Lipinski definition) is 3. The van der Waals surface area contributed by atoms with Crippen molar-refractivity contribution in [3.8, 4) is 0 Å². The molecular formula is C9H11N3O3S2. The lowest BCUT2D eigenvalue weighted by Crippen LogP contribution is -2.24. The van der Waals surface area contributed by atoms with E-state index >= 15 is 0 Å². The van der Waals surface area contributed by atoms with E-state index < -0.39 is 10.0 Å². The Labute approximate surface area is 102 Å². The Kier molecular flexibility index (Phi) is 3.57. The summed E-state index contributed by atoms with van der Waals surface area (Å²) in [6.07, 6.45) is 3.17. The lowest BCUT2D eigenvalue weighted by Gasteiger charge is -2.05. The first-order valence-corrected chi connectivity index (χ1v) is 7.15. The summed E-state index contributed by atoms with van der Waals surface area (Å²) in [7, 11) is -3.60. The maximum atomic E-state index is 11.9. The number of aromatic nitrogens is 2. The van der Waals surface area contributed by atoms with E-state index in [1.807, 2.05) is 0 Å². The predicted octanol–water partition coefficient (Wildman–Crippen LogP) is 0.442. The minimum absolute atomic E-state index is 0.0933. The quantitative estimate of drug-likeness (QED) is 0.736. The summed E-state index contributed by atoms with van der Waals surface area (Å²) in [5, 5.41) is 10.7. The van der Waals surface area contributed by atoms with Crippen LogP contribution in [0.25, 0.3) is 0 Å². The molecule has 0 bridgehead atoms. The highest BCUT2D eigenvalue weighted by Crippen LogP contribution is 2.21. The van der Waals surface area contributed by atoms with Crippen LogP contribution in [0.2, 0.25) is 0 Å². The van der Waals surface area contributed by atoms with Gasteiger partial charge in [0.15, 0.2) is 0 Å². The first-order valence-electron chi connectivity index (χ1n) is 4.78. The molecule has 0 fully saturated rings. The third kappa shape index (κ3) is 2.72. The smallest absolute Gasteiger partial charge is 0.242 e. The molecule has 2 rings (SSSR count). The molecule has 92 valence electrons. The molecule has 2 heterocycles. The van der Waals surface area contributed by atoms with Crippen molar-refractivity contribution < 1.29 is 13.5 Å². The Morgan fingerprint density at radius 2 is 2.35 bits per heavy atom. The second kappa shape index (κ2) is 4.96. The van der Waals surface area contributed by atoms with Gasteiger partial charge in [-0.05, 0) is 11.4 Å². The van der Waals surface area contributed by atoms with Gasteiger partial charge in [-0.25, -0.2) is 18.1 Å². The molecule has 0 unspecified atom stereocenters. The third-order valence-electron chi connectivity index (χ3n) is 2.12. The molecule has 0 amide bonds. The van der Waals surface area contributed by atoms with E-state index in [4.69, 9.17) is 5.11 Å². The van der Waals surface area contributed by atoms with Crippen LogP contribution in [0.1, 0.15) is 10.7 Å². The van der Waals surface area contributed by atoms with Gasteiger partial charge in [0.05, 0.1) is 18.0 Å². The maximum absolute atomic E-state index is 11.9. The molecular weight excluding hydrogens is 262 g/mol. The van der Waals surface area contributed by atoms with Crippen LogP contribution < -0.4 is 4.72 Å². The number of hydrogen-bond acceptors (Lipinski definition) is 5. The predicted molar refractivity (Wildman–Crippen MR) is 62.9 cm³/mol. The molecule has 0 aliphatic carbocycles. The van der Waals surface area contributed by atoms with Crippen LogP contribution in [-0.2, 0) is 23.2 Å². The maximum Gasteiger partial charge on any atom is 0.242 e. The molecule has 0 saturated carbocycles. The van der Waals surface area contributed by atoms with E-state index in [1.165, 1.54) is 17.4 Å². The molecule has 3 N–H and O–H groups in total. The fourth-order valence-corrected chi connectivity index (χ4v) is 3.60. The van der Waals surface area contributed by atoms with Gasteiger partial charge in [-0.1, -0.05) is 0 Å². The Morgan fingerprint density at radius 1 is 1.53 bits per heavy atom. The number of sulfonamides is 1. The number of aliphatic hydroxyl groups excluding tert-OH is 1. The molecule has 0 aromatic carbocycles. The van der Waals surface area contributed by atoms with Crippen molar-refractivity contribution in [1.82, 2.24) is 14.7 Å².